The van der Waals surface area contributed by atoms with Gasteiger partial charge in [-0.1, -0.05) is 41.5 Å². The molecule has 0 aromatic rings. The van der Waals surface area contributed by atoms with Crippen LogP contribution in [0, 0.1) is 22.2 Å². The normalized spacial score (nSPS) is 29.9. The van der Waals surface area contributed by atoms with Crippen LogP contribution in [-0.4, -0.2) is 25.0 Å². The van der Waals surface area contributed by atoms with Gasteiger partial charge in [-0.05, 0) is 42.7 Å². The predicted octanol–water partition coefficient (Wildman–Crippen LogP) is 2.56. The molecular weight excluding hydrogens is 236 g/mol. The quantitative estimate of drug-likeness (QED) is 0.824. The van der Waals surface area contributed by atoms with Crippen LogP contribution < -0.4 is 10.6 Å². The highest BCUT2D eigenvalue weighted by Crippen LogP contribution is 2.62. The molecule has 1 atom stereocenters. The topological polar surface area (TPSA) is 41.1 Å². The van der Waals surface area contributed by atoms with Crippen molar-refractivity contribution in [2.45, 2.75) is 60.4 Å². The van der Waals surface area contributed by atoms with Gasteiger partial charge in [0, 0.05) is 11.5 Å². The van der Waals surface area contributed by atoms with Crippen molar-refractivity contribution in [1.29, 1.82) is 0 Å². The van der Waals surface area contributed by atoms with Gasteiger partial charge in [0.1, 0.15) is 0 Å². The largest absolute Gasteiger partial charge is 0.352 e. The fourth-order valence-electron chi connectivity index (χ4n) is 3.53. The maximum absolute atomic E-state index is 12.7. The molecule has 1 unspecified atom stereocenters. The first kappa shape index (κ1) is 14.8. The third-order valence-corrected chi connectivity index (χ3v) is 6.20. The summed E-state index contributed by atoms with van der Waals surface area (Å²) < 4.78 is 0. The molecule has 110 valence electrons. The molecule has 0 aromatic heterocycles. The van der Waals surface area contributed by atoms with Crippen molar-refractivity contribution in [3.05, 3.63) is 0 Å². The maximum Gasteiger partial charge on any atom is 0.226 e. The lowest BCUT2D eigenvalue weighted by molar-refractivity contribution is -0.133. The molecule has 1 saturated carbocycles. The number of nitrogens with one attached hydrogen (secondary N) is 2. The van der Waals surface area contributed by atoms with Crippen LogP contribution in [0.1, 0.15) is 54.4 Å². The Hall–Kier alpha value is -0.570. The summed E-state index contributed by atoms with van der Waals surface area (Å²) in [4.78, 5) is 12.7. The SMILES string of the molecule is CC(C)(C(=O)NC1C(C)(C)C1(C)C)C1CCCNC1. The van der Waals surface area contributed by atoms with Gasteiger partial charge < -0.3 is 10.6 Å². The van der Waals surface area contributed by atoms with E-state index >= 15 is 0 Å². The zero-order valence-electron chi connectivity index (χ0n) is 13.4. The van der Waals surface area contributed by atoms with Gasteiger partial charge in [0.15, 0.2) is 0 Å². The van der Waals surface area contributed by atoms with Crippen molar-refractivity contribution in [1.82, 2.24) is 10.6 Å². The van der Waals surface area contributed by atoms with E-state index in [2.05, 4.69) is 52.2 Å². The van der Waals surface area contributed by atoms with E-state index in [1.807, 2.05) is 0 Å². The summed E-state index contributed by atoms with van der Waals surface area (Å²) in [6.45, 7) is 15.2. The number of carbonyl (C=O) groups is 1. The molecule has 2 rings (SSSR count). The maximum atomic E-state index is 12.7. The number of hydrogen-bond acceptors (Lipinski definition) is 2. The smallest absolute Gasteiger partial charge is 0.226 e. The second-order valence-corrected chi connectivity index (χ2v) is 8.11. The second kappa shape index (κ2) is 4.47. The average molecular weight is 266 g/mol. The van der Waals surface area contributed by atoms with Crippen LogP contribution in [0.5, 0.6) is 0 Å². The van der Waals surface area contributed by atoms with Gasteiger partial charge in [0.05, 0.1) is 0 Å². The highest BCUT2D eigenvalue weighted by molar-refractivity contribution is 5.83. The molecule has 1 heterocycles. The van der Waals surface area contributed by atoms with Crippen molar-refractivity contribution in [2.24, 2.45) is 22.2 Å². The summed E-state index contributed by atoms with van der Waals surface area (Å²) in [5, 5.41) is 6.72. The monoisotopic (exact) mass is 266 g/mol. The van der Waals surface area contributed by atoms with E-state index in [9.17, 15) is 4.79 Å². The van der Waals surface area contributed by atoms with Gasteiger partial charge in [-0.15, -0.1) is 0 Å². The van der Waals surface area contributed by atoms with Gasteiger partial charge in [0.25, 0.3) is 0 Å². The molecule has 2 aliphatic rings. The third kappa shape index (κ3) is 2.31. The Labute approximate surface area is 117 Å². The molecule has 0 aromatic carbocycles. The zero-order chi connectivity index (χ0) is 14.5. The highest BCUT2D eigenvalue weighted by atomic mass is 16.2. The van der Waals surface area contributed by atoms with E-state index in [4.69, 9.17) is 0 Å². The molecular formula is C16H30N2O. The van der Waals surface area contributed by atoms with Crippen molar-refractivity contribution in [3.63, 3.8) is 0 Å². The molecule has 2 N–H and O–H groups in total. The van der Waals surface area contributed by atoms with Crippen LogP contribution >= 0.6 is 0 Å². The summed E-state index contributed by atoms with van der Waals surface area (Å²) in [6, 6.07) is 0.309. The van der Waals surface area contributed by atoms with Crippen LogP contribution in [0.4, 0.5) is 0 Å². The van der Waals surface area contributed by atoms with E-state index in [0.29, 0.717) is 12.0 Å². The molecule has 2 fully saturated rings. The minimum atomic E-state index is -0.276. The fraction of sp³-hybridized carbons (Fsp3) is 0.938. The molecule has 1 aliphatic carbocycles. The Balaban J connectivity index is 2.00. The summed E-state index contributed by atoms with van der Waals surface area (Å²) in [5.41, 5.74) is 0.148. The van der Waals surface area contributed by atoms with E-state index in [1.54, 1.807) is 0 Å². The van der Waals surface area contributed by atoms with E-state index in [1.165, 1.54) is 6.42 Å². The zero-order valence-corrected chi connectivity index (χ0v) is 13.4. The Morgan fingerprint density at radius 2 is 1.79 bits per heavy atom. The Morgan fingerprint density at radius 3 is 2.21 bits per heavy atom. The minimum absolute atomic E-state index is 0.212. The molecule has 0 radical (unpaired) electrons. The standard InChI is InChI=1S/C16H30N2O/c1-14(2,11-8-7-9-17-10-11)13(19)18-12-15(3,4)16(12,5)6/h11-12,17H,7-10H2,1-6H3,(H,18,19). The summed E-state index contributed by atoms with van der Waals surface area (Å²) in [6.07, 6.45) is 2.34. The Bertz CT molecular complexity index is 351. The lowest BCUT2D eigenvalue weighted by atomic mass is 9.74. The first-order valence-electron chi connectivity index (χ1n) is 7.63. The molecule has 3 heteroatoms. The number of piperidine rings is 1. The van der Waals surface area contributed by atoms with Crippen molar-refractivity contribution in [3.8, 4) is 0 Å². The van der Waals surface area contributed by atoms with Gasteiger partial charge in [0.2, 0.25) is 5.91 Å². The summed E-state index contributed by atoms with van der Waals surface area (Å²) >= 11 is 0. The van der Waals surface area contributed by atoms with Crippen molar-refractivity contribution >= 4 is 5.91 Å². The lowest BCUT2D eigenvalue weighted by Crippen LogP contribution is -2.48. The van der Waals surface area contributed by atoms with Crippen LogP contribution in [0.15, 0.2) is 0 Å². The van der Waals surface area contributed by atoms with Crippen LogP contribution in [0.3, 0.4) is 0 Å². The van der Waals surface area contributed by atoms with Crippen LogP contribution in [-0.2, 0) is 4.79 Å². The van der Waals surface area contributed by atoms with Crippen molar-refractivity contribution in [2.75, 3.05) is 13.1 Å². The Morgan fingerprint density at radius 1 is 1.21 bits per heavy atom. The molecule has 1 amide bonds. The highest BCUT2D eigenvalue weighted by Gasteiger charge is 2.65. The van der Waals surface area contributed by atoms with E-state index in [-0.39, 0.29) is 22.2 Å². The van der Waals surface area contributed by atoms with Crippen molar-refractivity contribution < 1.29 is 4.79 Å². The fourth-order valence-corrected chi connectivity index (χ4v) is 3.53. The Kier molecular flexibility index (Phi) is 3.49. The first-order valence-corrected chi connectivity index (χ1v) is 7.63. The number of rotatable bonds is 3. The third-order valence-electron chi connectivity index (χ3n) is 6.20. The molecule has 1 aliphatic heterocycles. The minimum Gasteiger partial charge on any atom is -0.352 e. The van der Waals surface area contributed by atoms with Crippen LogP contribution in [0.2, 0.25) is 0 Å². The summed E-state index contributed by atoms with van der Waals surface area (Å²) in [7, 11) is 0. The van der Waals surface area contributed by atoms with Gasteiger partial charge in [-0.2, -0.15) is 0 Å². The lowest BCUT2D eigenvalue weighted by Gasteiger charge is -2.36. The molecule has 0 bridgehead atoms. The number of carbonyl (C=O) groups excluding carboxylic acids is 1. The van der Waals surface area contributed by atoms with E-state index in [0.717, 1.165) is 19.5 Å². The van der Waals surface area contributed by atoms with Gasteiger partial charge >= 0.3 is 0 Å². The van der Waals surface area contributed by atoms with Crippen LogP contribution in [0.25, 0.3) is 0 Å². The molecule has 1 saturated heterocycles. The predicted molar refractivity (Wildman–Crippen MR) is 78.9 cm³/mol. The molecule has 3 nitrogen and oxygen atoms in total. The second-order valence-electron chi connectivity index (χ2n) is 8.11. The number of amides is 1. The van der Waals surface area contributed by atoms with Gasteiger partial charge in [-0.25, -0.2) is 0 Å². The first-order chi connectivity index (χ1) is 8.62. The number of hydrogen-bond donors (Lipinski definition) is 2. The molecule has 19 heavy (non-hydrogen) atoms. The van der Waals surface area contributed by atoms with Gasteiger partial charge in [-0.3, -0.25) is 4.79 Å². The average Bonchev–Trinajstić information content (AvgIpc) is 2.72. The summed E-state index contributed by atoms with van der Waals surface area (Å²) in [5.74, 6) is 0.677. The van der Waals surface area contributed by atoms with E-state index < -0.39 is 0 Å². The molecule has 0 spiro atoms.